The SMILES string of the molecule is CC(c1ccc(Cl)cc1)N1C(=O)c2cc(I)ccc2N(CCCCCC(=O)O)C(=O)C1c1ccc(Cl)cc1. The summed E-state index contributed by atoms with van der Waals surface area (Å²) >= 11 is 14.5. The van der Waals surface area contributed by atoms with Crippen LogP contribution in [0.25, 0.3) is 0 Å². The Labute approximate surface area is 245 Å². The molecule has 1 N–H and O–H groups in total. The van der Waals surface area contributed by atoms with Gasteiger partial charge in [0.1, 0.15) is 6.04 Å². The molecule has 9 heteroatoms. The van der Waals surface area contributed by atoms with Gasteiger partial charge in [-0.3, -0.25) is 14.4 Å². The van der Waals surface area contributed by atoms with Crippen molar-refractivity contribution in [3.8, 4) is 0 Å². The summed E-state index contributed by atoms with van der Waals surface area (Å²) < 4.78 is 0.882. The molecule has 0 spiro atoms. The van der Waals surface area contributed by atoms with Crippen LogP contribution >= 0.6 is 45.8 Å². The highest BCUT2D eigenvalue weighted by atomic mass is 127. The minimum absolute atomic E-state index is 0.0843. The van der Waals surface area contributed by atoms with Crippen LogP contribution in [0.5, 0.6) is 0 Å². The molecule has 0 saturated heterocycles. The standard InChI is InChI=1S/C29H27Cl2IN2O4/c1-18(19-6-10-21(30)11-7-19)34-27(20-8-12-22(31)13-9-20)29(38)33(16-4-2-3-5-26(35)36)25-15-14-23(32)17-24(25)28(34)37/h6-15,17-18,27H,2-5,16H2,1H3,(H,35,36). The lowest BCUT2D eigenvalue weighted by atomic mass is 9.98. The topological polar surface area (TPSA) is 77.9 Å². The minimum Gasteiger partial charge on any atom is -0.481 e. The highest BCUT2D eigenvalue weighted by molar-refractivity contribution is 14.1. The second-order valence-corrected chi connectivity index (χ2v) is 11.4. The van der Waals surface area contributed by atoms with E-state index in [9.17, 15) is 14.4 Å². The maximum Gasteiger partial charge on any atom is 0.303 e. The summed E-state index contributed by atoms with van der Waals surface area (Å²) in [4.78, 5) is 42.9. The Morgan fingerprint density at radius 3 is 2.21 bits per heavy atom. The van der Waals surface area contributed by atoms with E-state index in [0.717, 1.165) is 9.13 Å². The van der Waals surface area contributed by atoms with Gasteiger partial charge in [0.05, 0.1) is 17.3 Å². The highest BCUT2D eigenvalue weighted by Gasteiger charge is 2.42. The van der Waals surface area contributed by atoms with Crippen LogP contribution in [0.2, 0.25) is 10.0 Å². The van der Waals surface area contributed by atoms with Crippen LogP contribution in [0.15, 0.2) is 66.7 Å². The number of halogens is 3. The van der Waals surface area contributed by atoms with Crippen molar-refractivity contribution in [2.24, 2.45) is 0 Å². The molecule has 0 saturated carbocycles. The maximum absolute atomic E-state index is 14.4. The molecular weight excluding hydrogens is 638 g/mol. The quantitative estimate of drug-likeness (QED) is 0.189. The van der Waals surface area contributed by atoms with Crippen LogP contribution in [0.1, 0.15) is 66.2 Å². The van der Waals surface area contributed by atoms with Gasteiger partial charge in [-0.1, -0.05) is 53.9 Å². The van der Waals surface area contributed by atoms with E-state index >= 15 is 0 Å². The molecule has 38 heavy (non-hydrogen) atoms. The van der Waals surface area contributed by atoms with Crippen molar-refractivity contribution in [1.29, 1.82) is 0 Å². The fourth-order valence-corrected chi connectivity index (χ4v) is 5.50. The number of rotatable bonds is 9. The van der Waals surface area contributed by atoms with Gasteiger partial charge in [0.25, 0.3) is 11.8 Å². The Morgan fingerprint density at radius 1 is 0.947 bits per heavy atom. The second-order valence-electron chi connectivity index (χ2n) is 9.25. The van der Waals surface area contributed by atoms with Crippen molar-refractivity contribution in [2.45, 2.75) is 44.7 Å². The summed E-state index contributed by atoms with van der Waals surface area (Å²) in [5.41, 5.74) is 2.52. The zero-order chi connectivity index (χ0) is 27.4. The number of carboxylic acid groups (broad SMARTS) is 1. The summed E-state index contributed by atoms with van der Waals surface area (Å²) in [6.45, 7) is 2.28. The molecule has 2 unspecified atom stereocenters. The van der Waals surface area contributed by atoms with Crippen molar-refractivity contribution in [3.05, 3.63) is 97.0 Å². The number of unbranched alkanes of at least 4 members (excludes halogenated alkanes) is 2. The molecule has 0 bridgehead atoms. The van der Waals surface area contributed by atoms with Crippen LogP contribution in [-0.4, -0.2) is 34.3 Å². The van der Waals surface area contributed by atoms with Gasteiger partial charge in [0.2, 0.25) is 0 Å². The summed E-state index contributed by atoms with van der Waals surface area (Å²) in [7, 11) is 0. The molecule has 6 nitrogen and oxygen atoms in total. The average Bonchev–Trinajstić information content (AvgIpc) is 2.97. The van der Waals surface area contributed by atoms with Crippen LogP contribution in [-0.2, 0) is 9.59 Å². The predicted octanol–water partition coefficient (Wildman–Crippen LogP) is 7.53. The fraction of sp³-hybridized carbons (Fsp3) is 0.276. The van der Waals surface area contributed by atoms with Gasteiger partial charge in [-0.2, -0.15) is 0 Å². The smallest absolute Gasteiger partial charge is 0.303 e. The van der Waals surface area contributed by atoms with Crippen molar-refractivity contribution >= 4 is 69.3 Å². The summed E-state index contributed by atoms with van der Waals surface area (Å²) in [6, 6.07) is 18.5. The van der Waals surface area contributed by atoms with E-state index in [2.05, 4.69) is 22.6 Å². The van der Waals surface area contributed by atoms with Crippen LogP contribution in [0.4, 0.5) is 5.69 Å². The molecule has 1 aliphatic rings. The molecule has 198 valence electrons. The molecule has 4 rings (SSSR count). The number of carbonyl (C=O) groups excluding carboxylic acids is 2. The van der Waals surface area contributed by atoms with Gasteiger partial charge in [-0.25, -0.2) is 0 Å². The van der Waals surface area contributed by atoms with E-state index in [4.69, 9.17) is 28.3 Å². The van der Waals surface area contributed by atoms with E-state index in [1.165, 1.54) is 0 Å². The second kappa shape index (κ2) is 12.5. The number of benzene rings is 3. The average molecular weight is 665 g/mol. The Bertz CT molecular complexity index is 1330. The number of anilines is 1. The van der Waals surface area contributed by atoms with Gasteiger partial charge in [0, 0.05) is 26.6 Å². The van der Waals surface area contributed by atoms with E-state index in [-0.39, 0.29) is 18.2 Å². The Morgan fingerprint density at radius 2 is 1.58 bits per heavy atom. The largest absolute Gasteiger partial charge is 0.481 e. The number of carboxylic acids is 1. The third kappa shape index (κ3) is 6.33. The molecular formula is C29H27Cl2IN2O4. The molecule has 0 aromatic heterocycles. The number of amides is 2. The first-order valence-corrected chi connectivity index (χ1v) is 14.2. The maximum atomic E-state index is 14.4. The third-order valence-corrected chi connectivity index (χ3v) is 7.90. The minimum atomic E-state index is -0.894. The molecule has 0 fully saturated rings. The lowest BCUT2D eigenvalue weighted by Crippen LogP contribution is -2.44. The molecule has 3 aromatic rings. The molecule has 1 heterocycles. The predicted molar refractivity (Wildman–Crippen MR) is 158 cm³/mol. The number of carbonyl (C=O) groups is 3. The van der Waals surface area contributed by atoms with Crippen molar-refractivity contribution in [3.63, 3.8) is 0 Å². The lowest BCUT2D eigenvalue weighted by molar-refractivity contribution is -0.137. The van der Waals surface area contributed by atoms with Gasteiger partial charge in [-0.05, 0) is 95.9 Å². The number of aliphatic carboxylic acids is 1. The van der Waals surface area contributed by atoms with Gasteiger partial charge in [-0.15, -0.1) is 0 Å². The van der Waals surface area contributed by atoms with Gasteiger partial charge >= 0.3 is 5.97 Å². The molecule has 2 atom stereocenters. The molecule has 0 radical (unpaired) electrons. The van der Waals surface area contributed by atoms with Crippen LogP contribution in [0, 0.1) is 3.57 Å². The summed E-state index contributed by atoms with van der Waals surface area (Å²) in [6.07, 6.45) is 1.87. The number of nitrogens with zero attached hydrogens (tertiary/aromatic N) is 2. The zero-order valence-corrected chi connectivity index (χ0v) is 24.4. The van der Waals surface area contributed by atoms with E-state index in [1.807, 2.05) is 37.3 Å². The van der Waals surface area contributed by atoms with E-state index in [1.54, 1.807) is 46.2 Å². The Hall–Kier alpha value is -2.62. The monoisotopic (exact) mass is 664 g/mol. The van der Waals surface area contributed by atoms with E-state index < -0.39 is 18.1 Å². The first kappa shape index (κ1) is 28.4. The fourth-order valence-electron chi connectivity index (χ4n) is 4.76. The lowest BCUT2D eigenvalue weighted by Gasteiger charge is -2.36. The van der Waals surface area contributed by atoms with Crippen LogP contribution in [0.3, 0.4) is 0 Å². The van der Waals surface area contributed by atoms with Crippen molar-refractivity contribution < 1.29 is 19.5 Å². The van der Waals surface area contributed by atoms with Crippen molar-refractivity contribution in [2.75, 3.05) is 11.4 Å². The first-order chi connectivity index (χ1) is 18.2. The summed E-state index contributed by atoms with van der Waals surface area (Å²) in [5.74, 6) is -1.31. The van der Waals surface area contributed by atoms with Gasteiger partial charge in [0.15, 0.2) is 0 Å². The number of fused-ring (bicyclic) bond motifs is 1. The zero-order valence-electron chi connectivity index (χ0n) is 20.7. The highest BCUT2D eigenvalue weighted by Crippen LogP contribution is 2.40. The van der Waals surface area contributed by atoms with Crippen LogP contribution < -0.4 is 4.90 Å². The molecule has 1 aliphatic heterocycles. The Balaban J connectivity index is 1.81. The van der Waals surface area contributed by atoms with E-state index in [0.29, 0.717) is 52.7 Å². The Kier molecular flexibility index (Phi) is 9.33. The molecule has 2 amide bonds. The summed E-state index contributed by atoms with van der Waals surface area (Å²) in [5, 5.41) is 10.1. The number of hydrogen-bond acceptors (Lipinski definition) is 3. The first-order valence-electron chi connectivity index (χ1n) is 12.3. The third-order valence-electron chi connectivity index (χ3n) is 6.72. The van der Waals surface area contributed by atoms with Crippen molar-refractivity contribution in [1.82, 2.24) is 4.90 Å². The molecule has 0 aliphatic carbocycles. The number of hydrogen-bond donors (Lipinski definition) is 1. The van der Waals surface area contributed by atoms with Gasteiger partial charge < -0.3 is 14.9 Å². The normalized spacial score (nSPS) is 16.3. The molecule has 3 aromatic carbocycles.